The van der Waals surface area contributed by atoms with E-state index in [1.807, 2.05) is 57.3 Å². The highest BCUT2D eigenvalue weighted by Gasteiger charge is 2.26. The summed E-state index contributed by atoms with van der Waals surface area (Å²) in [7, 11) is 0. The number of ether oxygens (including phenoxy) is 1. The number of benzene rings is 2. The molecule has 1 aliphatic rings. The van der Waals surface area contributed by atoms with Crippen LogP contribution in [0.2, 0.25) is 0 Å². The van der Waals surface area contributed by atoms with Crippen molar-refractivity contribution in [3.8, 4) is 10.6 Å². The molecule has 12 heteroatoms. The van der Waals surface area contributed by atoms with Crippen molar-refractivity contribution in [2.24, 2.45) is 5.73 Å². The number of Topliss-reactive ketones (excluding diaryl/α,β-unsaturated/α-hetero) is 1. The van der Waals surface area contributed by atoms with E-state index in [-0.39, 0.29) is 35.7 Å². The van der Waals surface area contributed by atoms with Crippen LogP contribution in [0.1, 0.15) is 93.7 Å². The quantitative estimate of drug-likeness (QED) is 0.152. The van der Waals surface area contributed by atoms with E-state index in [1.54, 1.807) is 6.07 Å². The summed E-state index contributed by atoms with van der Waals surface area (Å²) in [4.78, 5) is 41.9. The SMILES string of the molecule is CC(=O)c1cc(C(=O)NCc2ccc(F)c(F)c2)nc2cc(-c3cccs3)nn12.Cc1c(C(=O)OC(C)(C)C)ccc2c1CC[C@@H]2N. The van der Waals surface area contributed by atoms with Crippen LogP contribution in [0.5, 0.6) is 0 Å². The molecule has 6 rings (SSSR count). The second-order valence-electron chi connectivity index (χ2n) is 12.2. The van der Waals surface area contributed by atoms with E-state index in [0.29, 0.717) is 22.5 Å². The fourth-order valence-electron chi connectivity index (χ4n) is 5.28. The van der Waals surface area contributed by atoms with E-state index >= 15 is 0 Å². The Hall–Kier alpha value is -4.81. The Kier molecular flexibility index (Phi) is 9.64. The van der Waals surface area contributed by atoms with Gasteiger partial charge in [-0.15, -0.1) is 11.3 Å². The Balaban J connectivity index is 0.000000207. The molecule has 1 aliphatic carbocycles. The number of halogens is 2. The number of esters is 1. The number of amides is 1. The highest BCUT2D eigenvalue weighted by Crippen LogP contribution is 2.33. The number of carbonyl (C=O) groups is 3. The second-order valence-corrected chi connectivity index (χ2v) is 13.2. The maximum Gasteiger partial charge on any atom is 0.338 e. The predicted octanol–water partition coefficient (Wildman–Crippen LogP) is 6.76. The first-order chi connectivity index (χ1) is 22.2. The second kappa shape index (κ2) is 13.5. The van der Waals surface area contributed by atoms with Crippen LogP contribution in [-0.2, 0) is 17.7 Å². The molecule has 0 fully saturated rings. The maximum absolute atomic E-state index is 13.3. The van der Waals surface area contributed by atoms with E-state index in [2.05, 4.69) is 15.4 Å². The lowest BCUT2D eigenvalue weighted by atomic mass is 9.98. The minimum atomic E-state index is -0.990. The number of nitrogens with zero attached hydrogens (tertiary/aromatic N) is 3. The molecule has 9 nitrogen and oxygen atoms in total. The monoisotopic (exact) mass is 659 g/mol. The summed E-state index contributed by atoms with van der Waals surface area (Å²) in [5.74, 6) is -3.01. The Labute approximate surface area is 274 Å². The van der Waals surface area contributed by atoms with Gasteiger partial charge < -0.3 is 15.8 Å². The van der Waals surface area contributed by atoms with Gasteiger partial charge in [-0.25, -0.2) is 23.1 Å². The molecule has 3 aromatic heterocycles. The number of thiophene rings is 1. The molecule has 0 radical (unpaired) electrons. The number of nitrogens with one attached hydrogen (secondary N) is 1. The number of nitrogens with two attached hydrogens (primary N) is 1. The fourth-order valence-corrected chi connectivity index (χ4v) is 5.96. The molecule has 0 aliphatic heterocycles. The summed E-state index contributed by atoms with van der Waals surface area (Å²) in [5, 5.41) is 8.93. The Bertz CT molecular complexity index is 1980. The summed E-state index contributed by atoms with van der Waals surface area (Å²) in [6.07, 6.45) is 1.92. The number of hydrogen-bond acceptors (Lipinski definition) is 8. The first kappa shape index (κ1) is 33.6. The molecule has 5 aromatic rings. The van der Waals surface area contributed by atoms with Crippen LogP contribution in [0.3, 0.4) is 0 Å². The minimum Gasteiger partial charge on any atom is -0.456 e. The highest BCUT2D eigenvalue weighted by molar-refractivity contribution is 7.13. The predicted molar refractivity (Wildman–Crippen MR) is 175 cm³/mol. The average molecular weight is 660 g/mol. The first-order valence-electron chi connectivity index (χ1n) is 15.0. The standard InChI is InChI=1S/C20H14F2N4O2S.C15H21NO2/c1-11(27)17-8-16(20(28)23-10-12-4-5-13(21)14(22)7-12)24-19-9-15(25-26(17)19)18-3-2-6-29-18;1-9-10-7-8-13(16)12(10)6-5-11(9)14(17)18-15(2,3)4/h2-9H,10H2,1H3,(H,23,28);5-6,13H,7-8,16H2,1-4H3/t;13-/m.0/s1. The molecule has 0 unspecified atom stereocenters. The number of hydrogen-bond donors (Lipinski definition) is 2. The van der Waals surface area contributed by atoms with Crippen molar-refractivity contribution in [3.05, 3.63) is 111 Å². The average Bonchev–Trinajstić information content (AvgIpc) is 3.77. The van der Waals surface area contributed by atoms with Gasteiger partial charge in [0.25, 0.3) is 5.91 Å². The van der Waals surface area contributed by atoms with Crippen molar-refractivity contribution in [2.45, 2.75) is 65.6 Å². The molecule has 0 saturated heterocycles. The van der Waals surface area contributed by atoms with E-state index in [1.165, 1.54) is 46.0 Å². The lowest BCUT2D eigenvalue weighted by Crippen LogP contribution is -2.25. The number of ketones is 1. The lowest BCUT2D eigenvalue weighted by molar-refractivity contribution is 0.00683. The minimum absolute atomic E-state index is 0.0159. The third-order valence-electron chi connectivity index (χ3n) is 7.59. The van der Waals surface area contributed by atoms with Gasteiger partial charge in [-0.3, -0.25) is 9.59 Å². The molecule has 244 valence electrons. The van der Waals surface area contributed by atoms with Crippen molar-refractivity contribution < 1.29 is 27.9 Å². The molecule has 2 aromatic carbocycles. The molecule has 3 heterocycles. The van der Waals surface area contributed by atoms with Crippen molar-refractivity contribution in [3.63, 3.8) is 0 Å². The zero-order valence-electron chi connectivity index (χ0n) is 26.7. The van der Waals surface area contributed by atoms with Crippen LogP contribution in [-0.4, -0.2) is 37.9 Å². The third kappa shape index (κ3) is 7.61. The van der Waals surface area contributed by atoms with Crippen LogP contribution in [0.4, 0.5) is 8.78 Å². The molecule has 1 atom stereocenters. The molecule has 0 spiro atoms. The van der Waals surface area contributed by atoms with Gasteiger partial charge in [-0.1, -0.05) is 18.2 Å². The Morgan fingerprint density at radius 2 is 1.85 bits per heavy atom. The van der Waals surface area contributed by atoms with Crippen LogP contribution < -0.4 is 11.1 Å². The fraction of sp³-hybridized carbons (Fsp3) is 0.286. The zero-order chi connectivity index (χ0) is 34.0. The first-order valence-corrected chi connectivity index (χ1v) is 15.9. The Morgan fingerprint density at radius 1 is 1.09 bits per heavy atom. The van der Waals surface area contributed by atoms with Gasteiger partial charge in [0.2, 0.25) is 0 Å². The van der Waals surface area contributed by atoms with E-state index in [4.69, 9.17) is 10.5 Å². The topological polar surface area (TPSA) is 129 Å². The van der Waals surface area contributed by atoms with Crippen molar-refractivity contribution in [1.82, 2.24) is 19.9 Å². The van der Waals surface area contributed by atoms with Crippen LogP contribution >= 0.6 is 11.3 Å². The lowest BCUT2D eigenvalue weighted by Gasteiger charge is -2.21. The van der Waals surface area contributed by atoms with Crippen molar-refractivity contribution in [1.29, 1.82) is 0 Å². The normalized spacial score (nSPS) is 13.9. The molecular weight excluding hydrogens is 624 g/mol. The zero-order valence-corrected chi connectivity index (χ0v) is 27.5. The molecular formula is C35H35F2N5O4S. The summed E-state index contributed by atoms with van der Waals surface area (Å²) >= 11 is 1.50. The molecule has 0 bridgehead atoms. The van der Waals surface area contributed by atoms with E-state index in [0.717, 1.165) is 35.4 Å². The van der Waals surface area contributed by atoms with Crippen LogP contribution in [0.25, 0.3) is 16.2 Å². The van der Waals surface area contributed by atoms with Gasteiger partial charge in [0.05, 0.1) is 10.4 Å². The van der Waals surface area contributed by atoms with Crippen molar-refractivity contribution in [2.75, 3.05) is 0 Å². The number of rotatable bonds is 6. The molecule has 3 N–H and O–H groups in total. The largest absolute Gasteiger partial charge is 0.456 e. The summed E-state index contributed by atoms with van der Waals surface area (Å²) in [6, 6.07) is 14.2. The van der Waals surface area contributed by atoms with Crippen molar-refractivity contribution >= 4 is 34.6 Å². The highest BCUT2D eigenvalue weighted by atomic mass is 32.1. The molecule has 0 saturated carbocycles. The van der Waals surface area contributed by atoms with Gasteiger partial charge >= 0.3 is 5.97 Å². The van der Waals surface area contributed by atoms with Gasteiger partial charge in [-0.05, 0) is 98.5 Å². The maximum atomic E-state index is 13.3. The molecule has 47 heavy (non-hydrogen) atoms. The number of carbonyl (C=O) groups excluding carboxylic acids is 3. The summed E-state index contributed by atoms with van der Waals surface area (Å²) in [6.45, 7) is 8.98. The van der Waals surface area contributed by atoms with E-state index < -0.39 is 23.1 Å². The number of aromatic nitrogens is 3. The van der Waals surface area contributed by atoms with Crippen LogP contribution in [0.15, 0.2) is 60.0 Å². The van der Waals surface area contributed by atoms with Crippen LogP contribution in [0, 0.1) is 18.6 Å². The molecule has 1 amide bonds. The summed E-state index contributed by atoms with van der Waals surface area (Å²) in [5.41, 5.74) is 11.3. The van der Waals surface area contributed by atoms with E-state index in [9.17, 15) is 23.2 Å². The number of fused-ring (bicyclic) bond motifs is 2. The third-order valence-corrected chi connectivity index (χ3v) is 8.48. The van der Waals surface area contributed by atoms with Gasteiger partial charge in [0.1, 0.15) is 22.7 Å². The smallest absolute Gasteiger partial charge is 0.338 e. The van der Waals surface area contributed by atoms with Gasteiger partial charge in [-0.2, -0.15) is 5.10 Å². The Morgan fingerprint density at radius 3 is 2.51 bits per heavy atom. The van der Waals surface area contributed by atoms with Gasteiger partial charge in [0.15, 0.2) is 23.1 Å². The summed E-state index contributed by atoms with van der Waals surface area (Å²) < 4.78 is 33.2. The van der Waals surface area contributed by atoms with Gasteiger partial charge in [0, 0.05) is 25.6 Å².